The lowest BCUT2D eigenvalue weighted by Crippen LogP contribution is -2.20. The highest BCUT2D eigenvalue weighted by Crippen LogP contribution is 2.18. The van der Waals surface area contributed by atoms with Crippen molar-refractivity contribution >= 4 is 0 Å². The number of hydrogen-bond acceptors (Lipinski definition) is 5. The van der Waals surface area contributed by atoms with Crippen molar-refractivity contribution in [2.24, 2.45) is 5.41 Å². The van der Waals surface area contributed by atoms with Crippen LogP contribution in [0.2, 0.25) is 0 Å². The molecule has 0 rings (SSSR count). The number of aliphatic hydroxyl groups is 1. The second kappa shape index (κ2) is 12.8. The molecule has 1 N–H and O–H groups in total. The van der Waals surface area contributed by atoms with Crippen molar-refractivity contribution in [1.82, 2.24) is 0 Å². The Kier molecular flexibility index (Phi) is 12.7. The molecule has 0 fully saturated rings. The number of aliphatic hydroxyl groups excluding tert-OH is 1. The first-order valence-corrected chi connectivity index (χ1v) is 6.83. The van der Waals surface area contributed by atoms with Crippen LogP contribution in [0.4, 0.5) is 0 Å². The molecule has 1 radical (unpaired) electrons. The van der Waals surface area contributed by atoms with Crippen molar-refractivity contribution in [2.45, 2.75) is 20.3 Å². The summed E-state index contributed by atoms with van der Waals surface area (Å²) in [5.41, 5.74) is -0.0647. The molecule has 0 unspecified atom stereocenters. The molecule has 0 bridgehead atoms. The molecule has 0 aliphatic rings. The highest BCUT2D eigenvalue weighted by molar-refractivity contribution is 4.65. The lowest BCUT2D eigenvalue weighted by atomic mass is 9.91. The molecule has 0 aliphatic heterocycles. The second-order valence-corrected chi connectivity index (χ2v) is 5.02. The van der Waals surface area contributed by atoms with Gasteiger partial charge in [-0.2, -0.15) is 0 Å². The molecule has 0 aromatic carbocycles. The summed E-state index contributed by atoms with van der Waals surface area (Å²) < 4.78 is 21.1. The summed E-state index contributed by atoms with van der Waals surface area (Å²) in [4.78, 5) is 0. The molecule has 0 aromatic heterocycles. The fraction of sp³-hybridized carbons (Fsp3) is 0.929. The van der Waals surface area contributed by atoms with E-state index < -0.39 is 0 Å². The van der Waals surface area contributed by atoms with E-state index in [4.69, 9.17) is 24.1 Å². The highest BCUT2D eigenvalue weighted by Gasteiger charge is 2.15. The Labute approximate surface area is 117 Å². The number of ether oxygens (including phenoxy) is 4. The Morgan fingerprint density at radius 1 is 0.789 bits per heavy atom. The van der Waals surface area contributed by atoms with Crippen LogP contribution >= 0.6 is 0 Å². The van der Waals surface area contributed by atoms with Gasteiger partial charge < -0.3 is 24.1 Å². The van der Waals surface area contributed by atoms with E-state index in [9.17, 15) is 0 Å². The minimum atomic E-state index is -0.0647. The van der Waals surface area contributed by atoms with Crippen LogP contribution in [0.25, 0.3) is 0 Å². The summed E-state index contributed by atoms with van der Waals surface area (Å²) in [6, 6.07) is 0. The Bertz CT molecular complexity index is 185. The van der Waals surface area contributed by atoms with E-state index in [1.807, 2.05) is 13.8 Å². The highest BCUT2D eigenvalue weighted by atomic mass is 16.6. The minimum absolute atomic E-state index is 0.0647. The fourth-order valence-corrected chi connectivity index (χ4v) is 1.19. The third kappa shape index (κ3) is 14.0. The van der Waals surface area contributed by atoms with E-state index in [1.165, 1.54) is 0 Å². The van der Waals surface area contributed by atoms with Crippen LogP contribution in [-0.4, -0.2) is 64.6 Å². The van der Waals surface area contributed by atoms with Gasteiger partial charge in [-0.05, 0) is 18.8 Å². The maximum absolute atomic E-state index is 9.06. The Morgan fingerprint density at radius 2 is 1.21 bits per heavy atom. The fourth-order valence-electron chi connectivity index (χ4n) is 1.19. The lowest BCUT2D eigenvalue weighted by Gasteiger charge is -2.20. The first kappa shape index (κ1) is 18.8. The van der Waals surface area contributed by atoms with Gasteiger partial charge in [0, 0.05) is 19.8 Å². The summed E-state index contributed by atoms with van der Waals surface area (Å²) in [6.07, 6.45) is 0.846. The van der Waals surface area contributed by atoms with Gasteiger partial charge in [0.25, 0.3) is 0 Å². The van der Waals surface area contributed by atoms with Crippen LogP contribution in [0.1, 0.15) is 20.3 Å². The largest absolute Gasteiger partial charge is 0.396 e. The topological polar surface area (TPSA) is 57.2 Å². The van der Waals surface area contributed by atoms with E-state index in [2.05, 4.69) is 6.92 Å². The molecule has 19 heavy (non-hydrogen) atoms. The Balaban J connectivity index is 3.07. The third-order valence-electron chi connectivity index (χ3n) is 2.61. The lowest BCUT2D eigenvalue weighted by molar-refractivity contribution is -0.00395. The summed E-state index contributed by atoms with van der Waals surface area (Å²) in [5.74, 6) is 0. The van der Waals surface area contributed by atoms with Crippen molar-refractivity contribution in [3.8, 4) is 0 Å². The van der Waals surface area contributed by atoms with Gasteiger partial charge in [-0.1, -0.05) is 13.8 Å². The SMILES string of the molecule is [CH2]COCCOCCOCCOCCC(C)(C)CO. The summed E-state index contributed by atoms with van der Waals surface area (Å²) >= 11 is 0. The second-order valence-electron chi connectivity index (χ2n) is 5.02. The average molecular weight is 277 g/mol. The number of rotatable bonds is 14. The predicted octanol–water partition coefficient (Wildman–Crippen LogP) is 1.30. The van der Waals surface area contributed by atoms with Gasteiger partial charge in [0.05, 0.1) is 39.6 Å². The van der Waals surface area contributed by atoms with Gasteiger partial charge in [0.15, 0.2) is 0 Å². The molecule has 0 aliphatic carbocycles. The van der Waals surface area contributed by atoms with Crippen LogP contribution in [0.15, 0.2) is 0 Å². The molecule has 0 saturated carbocycles. The molecule has 0 heterocycles. The van der Waals surface area contributed by atoms with E-state index in [0.29, 0.717) is 52.9 Å². The van der Waals surface area contributed by atoms with Crippen LogP contribution in [0.3, 0.4) is 0 Å². The molecular formula is C14H29O5. The molecule has 0 spiro atoms. The Hall–Kier alpha value is -0.200. The molecule has 0 atom stereocenters. The normalized spacial score (nSPS) is 12.0. The molecule has 5 heteroatoms. The molecule has 0 amide bonds. The maximum atomic E-state index is 9.06. The maximum Gasteiger partial charge on any atom is 0.0701 e. The monoisotopic (exact) mass is 277 g/mol. The van der Waals surface area contributed by atoms with Crippen molar-refractivity contribution in [3.63, 3.8) is 0 Å². The zero-order valence-corrected chi connectivity index (χ0v) is 12.4. The molecule has 0 aromatic rings. The first-order chi connectivity index (χ1) is 9.12. The van der Waals surface area contributed by atoms with Crippen molar-refractivity contribution in [2.75, 3.05) is 59.5 Å². The summed E-state index contributed by atoms with van der Waals surface area (Å²) in [5, 5.41) is 9.06. The van der Waals surface area contributed by atoms with Crippen molar-refractivity contribution < 1.29 is 24.1 Å². The quantitative estimate of drug-likeness (QED) is 0.485. The van der Waals surface area contributed by atoms with Gasteiger partial charge in [0.1, 0.15) is 0 Å². The molecule has 0 saturated heterocycles. The van der Waals surface area contributed by atoms with Crippen molar-refractivity contribution in [3.05, 3.63) is 6.92 Å². The zero-order valence-electron chi connectivity index (χ0n) is 12.4. The average Bonchev–Trinajstić information content (AvgIpc) is 2.40. The zero-order chi connectivity index (χ0) is 14.4. The first-order valence-electron chi connectivity index (χ1n) is 6.83. The van der Waals surface area contributed by atoms with Crippen LogP contribution in [0.5, 0.6) is 0 Å². The van der Waals surface area contributed by atoms with Gasteiger partial charge in [0.2, 0.25) is 0 Å². The number of hydrogen-bond donors (Lipinski definition) is 1. The smallest absolute Gasteiger partial charge is 0.0701 e. The van der Waals surface area contributed by atoms with E-state index in [1.54, 1.807) is 0 Å². The summed E-state index contributed by atoms with van der Waals surface area (Å²) in [7, 11) is 0. The van der Waals surface area contributed by atoms with Crippen molar-refractivity contribution in [1.29, 1.82) is 0 Å². The minimum Gasteiger partial charge on any atom is -0.396 e. The van der Waals surface area contributed by atoms with E-state index in [-0.39, 0.29) is 12.0 Å². The van der Waals surface area contributed by atoms with Gasteiger partial charge in [-0.3, -0.25) is 0 Å². The standard InChI is InChI=1S/C14H29O5/c1-4-16-7-8-18-11-12-19-10-9-17-6-5-14(2,3)13-15/h15H,1,4-13H2,2-3H3. The van der Waals surface area contributed by atoms with Gasteiger partial charge in [-0.15, -0.1) is 0 Å². The summed E-state index contributed by atoms with van der Waals surface area (Å²) in [6.45, 7) is 12.3. The van der Waals surface area contributed by atoms with E-state index in [0.717, 1.165) is 6.42 Å². The van der Waals surface area contributed by atoms with Crippen LogP contribution in [-0.2, 0) is 18.9 Å². The Morgan fingerprint density at radius 3 is 1.63 bits per heavy atom. The molecular weight excluding hydrogens is 248 g/mol. The predicted molar refractivity (Wildman–Crippen MR) is 74.1 cm³/mol. The third-order valence-corrected chi connectivity index (χ3v) is 2.61. The molecule has 115 valence electrons. The van der Waals surface area contributed by atoms with Gasteiger partial charge in [-0.25, -0.2) is 0 Å². The van der Waals surface area contributed by atoms with E-state index >= 15 is 0 Å². The van der Waals surface area contributed by atoms with Crippen LogP contribution in [0, 0.1) is 12.3 Å². The van der Waals surface area contributed by atoms with Crippen LogP contribution < -0.4 is 0 Å². The molecule has 5 nitrogen and oxygen atoms in total. The van der Waals surface area contributed by atoms with Gasteiger partial charge >= 0.3 is 0 Å².